The van der Waals surface area contributed by atoms with E-state index >= 15 is 0 Å². The lowest BCUT2D eigenvalue weighted by atomic mass is 10.1. The number of nitrogens with one attached hydrogen (secondary N) is 1. The molecule has 0 saturated carbocycles. The first-order chi connectivity index (χ1) is 13.2. The Balaban J connectivity index is 2.04. The molecule has 0 bridgehead atoms. The number of carbonyl (C=O) groups excluding carboxylic acids is 1. The molecule has 0 saturated heterocycles. The second kappa shape index (κ2) is 7.14. The fraction of sp³-hybridized carbons (Fsp3) is 0.111. The predicted molar refractivity (Wildman–Crippen MR) is 92.6 cm³/mol. The second-order valence-electron chi connectivity index (χ2n) is 5.84. The molecular weight excluding hydrogens is 379 g/mol. The number of hydrogen-bond acceptors (Lipinski definition) is 4. The van der Waals surface area contributed by atoms with Crippen molar-refractivity contribution in [2.24, 2.45) is 0 Å². The number of aromatic carboxylic acids is 1. The zero-order chi connectivity index (χ0) is 20.6. The van der Waals surface area contributed by atoms with E-state index in [9.17, 15) is 32.7 Å². The van der Waals surface area contributed by atoms with Crippen LogP contribution in [0.5, 0.6) is 0 Å². The molecule has 10 heteroatoms. The average molecular weight is 391 g/mol. The fourth-order valence-electron chi connectivity index (χ4n) is 2.60. The lowest BCUT2D eigenvalue weighted by molar-refractivity contribution is -0.119. The van der Waals surface area contributed by atoms with Gasteiger partial charge >= 0.3 is 5.97 Å². The van der Waals surface area contributed by atoms with Crippen LogP contribution in [0.2, 0.25) is 0 Å². The molecule has 0 spiro atoms. The molecule has 7 nitrogen and oxygen atoms in total. The third kappa shape index (κ3) is 3.20. The van der Waals surface area contributed by atoms with Crippen molar-refractivity contribution in [3.05, 3.63) is 69.9 Å². The van der Waals surface area contributed by atoms with Gasteiger partial charge in [0.05, 0.1) is 11.1 Å². The molecule has 1 aromatic heterocycles. The zero-order valence-electron chi connectivity index (χ0n) is 14.2. The maximum Gasteiger partial charge on any atom is 0.357 e. The van der Waals surface area contributed by atoms with Crippen LogP contribution < -0.4 is 10.9 Å². The summed E-state index contributed by atoms with van der Waals surface area (Å²) in [5.74, 6) is -7.19. The van der Waals surface area contributed by atoms with Crippen LogP contribution in [-0.2, 0) is 4.79 Å². The first-order valence-corrected chi connectivity index (χ1v) is 7.91. The quantitative estimate of drug-likeness (QED) is 0.666. The van der Waals surface area contributed by atoms with Crippen molar-refractivity contribution in [1.29, 1.82) is 0 Å². The van der Waals surface area contributed by atoms with Gasteiger partial charge in [-0.2, -0.15) is 5.10 Å². The maximum absolute atomic E-state index is 13.8. The summed E-state index contributed by atoms with van der Waals surface area (Å²) < 4.78 is 40.7. The predicted octanol–water partition coefficient (Wildman–Crippen LogP) is 2.71. The Labute approximate surface area is 155 Å². The Hall–Kier alpha value is -3.69. The number of benzene rings is 2. The number of aromatic nitrogens is 2. The molecule has 28 heavy (non-hydrogen) atoms. The number of carbonyl (C=O) groups is 2. The van der Waals surface area contributed by atoms with Crippen LogP contribution in [0.25, 0.3) is 10.8 Å². The van der Waals surface area contributed by atoms with E-state index < -0.39 is 52.3 Å². The van der Waals surface area contributed by atoms with Crippen LogP contribution in [0.4, 0.5) is 18.9 Å². The Bertz CT molecular complexity index is 1180. The maximum atomic E-state index is 13.8. The van der Waals surface area contributed by atoms with Crippen LogP contribution >= 0.6 is 0 Å². The van der Waals surface area contributed by atoms with Crippen molar-refractivity contribution in [3.63, 3.8) is 0 Å². The van der Waals surface area contributed by atoms with Crippen molar-refractivity contribution >= 4 is 28.3 Å². The number of halogens is 3. The Morgan fingerprint density at radius 3 is 2.36 bits per heavy atom. The van der Waals surface area contributed by atoms with Gasteiger partial charge < -0.3 is 10.4 Å². The van der Waals surface area contributed by atoms with E-state index in [1.54, 1.807) is 0 Å². The largest absolute Gasteiger partial charge is 0.476 e. The molecule has 0 unspecified atom stereocenters. The van der Waals surface area contributed by atoms with E-state index in [1.807, 2.05) is 5.32 Å². The number of nitrogens with zero attached hydrogens (tertiary/aromatic N) is 2. The highest BCUT2D eigenvalue weighted by atomic mass is 19.2. The summed E-state index contributed by atoms with van der Waals surface area (Å²) in [5.41, 5.74) is -1.83. The van der Waals surface area contributed by atoms with Gasteiger partial charge in [-0.05, 0) is 25.1 Å². The molecule has 1 heterocycles. The van der Waals surface area contributed by atoms with Crippen molar-refractivity contribution in [3.8, 4) is 0 Å². The van der Waals surface area contributed by atoms with Gasteiger partial charge in [-0.15, -0.1) is 0 Å². The molecule has 2 N–H and O–H groups in total. The molecular formula is C18H12F3N3O4. The monoisotopic (exact) mass is 391 g/mol. The third-order valence-corrected chi connectivity index (χ3v) is 4.07. The molecule has 3 aromatic rings. The number of rotatable bonds is 4. The van der Waals surface area contributed by atoms with Crippen molar-refractivity contribution < 1.29 is 27.9 Å². The zero-order valence-corrected chi connectivity index (χ0v) is 14.2. The fourth-order valence-corrected chi connectivity index (χ4v) is 2.60. The first kappa shape index (κ1) is 19.1. The van der Waals surface area contributed by atoms with Gasteiger partial charge in [0.2, 0.25) is 5.91 Å². The second-order valence-corrected chi connectivity index (χ2v) is 5.84. The number of hydrogen-bond donors (Lipinski definition) is 2. The number of anilines is 1. The Morgan fingerprint density at radius 1 is 1.07 bits per heavy atom. The van der Waals surface area contributed by atoms with Gasteiger partial charge in [-0.3, -0.25) is 9.59 Å². The molecule has 0 aliphatic carbocycles. The Morgan fingerprint density at radius 2 is 1.71 bits per heavy atom. The molecule has 1 amide bonds. The standard InChI is InChI=1S/C18H12F3N3O4/c1-8(16(25)22-12-7-6-11(19)13(20)14(12)21)24-17(26)10-5-3-2-4-9(10)15(23-24)18(27)28/h2-8H,1H3,(H,22,25)(H,27,28)/t8-/m1/s1. The first-order valence-electron chi connectivity index (χ1n) is 7.91. The highest BCUT2D eigenvalue weighted by molar-refractivity contribution is 6.01. The SMILES string of the molecule is C[C@H](C(=O)Nc1ccc(F)c(F)c1F)n1nc(C(=O)O)c2ccccc2c1=O. The molecule has 0 aliphatic rings. The van der Waals surface area contributed by atoms with Gasteiger partial charge in [0.25, 0.3) is 5.56 Å². The van der Waals surface area contributed by atoms with E-state index in [0.29, 0.717) is 10.7 Å². The summed E-state index contributed by atoms with van der Waals surface area (Å²) in [6.07, 6.45) is 0. The third-order valence-electron chi connectivity index (χ3n) is 4.07. The van der Waals surface area contributed by atoms with E-state index in [1.165, 1.54) is 31.2 Å². The molecule has 144 valence electrons. The average Bonchev–Trinajstić information content (AvgIpc) is 2.68. The summed E-state index contributed by atoms with van der Waals surface area (Å²) in [4.78, 5) is 36.5. The summed E-state index contributed by atoms with van der Waals surface area (Å²) in [6, 6.07) is 5.89. The van der Waals surface area contributed by atoms with Gasteiger partial charge in [-0.25, -0.2) is 22.6 Å². The topological polar surface area (TPSA) is 101 Å². The van der Waals surface area contributed by atoms with Crippen LogP contribution in [-0.4, -0.2) is 26.8 Å². The Kier molecular flexibility index (Phi) is 4.87. The lowest BCUT2D eigenvalue weighted by Crippen LogP contribution is -2.35. The number of amides is 1. The van der Waals surface area contributed by atoms with Crippen molar-refractivity contribution in [1.82, 2.24) is 9.78 Å². The van der Waals surface area contributed by atoms with Crippen LogP contribution in [0, 0.1) is 17.5 Å². The van der Waals surface area contributed by atoms with E-state index in [0.717, 1.165) is 6.07 Å². The number of carboxylic acids is 1. The molecule has 1 atom stereocenters. The normalized spacial score (nSPS) is 12.0. The van der Waals surface area contributed by atoms with Gasteiger partial charge in [0, 0.05) is 5.39 Å². The number of carboxylic acid groups (broad SMARTS) is 1. The van der Waals surface area contributed by atoms with E-state index in [-0.39, 0.29) is 10.8 Å². The highest BCUT2D eigenvalue weighted by Crippen LogP contribution is 2.21. The summed E-state index contributed by atoms with van der Waals surface area (Å²) in [5, 5.41) is 15.2. The molecule has 0 radical (unpaired) electrons. The molecule has 2 aromatic carbocycles. The van der Waals surface area contributed by atoms with Crippen LogP contribution in [0.15, 0.2) is 41.2 Å². The smallest absolute Gasteiger partial charge is 0.357 e. The summed E-state index contributed by atoms with van der Waals surface area (Å²) in [7, 11) is 0. The minimum Gasteiger partial charge on any atom is -0.476 e. The van der Waals surface area contributed by atoms with Gasteiger partial charge in [0.1, 0.15) is 6.04 Å². The number of fused-ring (bicyclic) bond motifs is 1. The van der Waals surface area contributed by atoms with Crippen LogP contribution in [0.1, 0.15) is 23.5 Å². The molecule has 0 fully saturated rings. The minimum atomic E-state index is -1.76. The van der Waals surface area contributed by atoms with Gasteiger partial charge in [-0.1, -0.05) is 18.2 Å². The highest BCUT2D eigenvalue weighted by Gasteiger charge is 2.24. The molecule has 0 aliphatic heterocycles. The van der Waals surface area contributed by atoms with E-state index in [4.69, 9.17) is 0 Å². The minimum absolute atomic E-state index is 0.0218. The lowest BCUT2D eigenvalue weighted by Gasteiger charge is -2.16. The molecule has 3 rings (SSSR count). The van der Waals surface area contributed by atoms with Gasteiger partial charge in [0.15, 0.2) is 23.1 Å². The van der Waals surface area contributed by atoms with E-state index in [2.05, 4.69) is 5.10 Å². The van der Waals surface area contributed by atoms with Crippen LogP contribution in [0.3, 0.4) is 0 Å². The summed E-state index contributed by atoms with van der Waals surface area (Å²) >= 11 is 0. The summed E-state index contributed by atoms with van der Waals surface area (Å²) in [6.45, 7) is 1.22. The van der Waals surface area contributed by atoms with Crippen molar-refractivity contribution in [2.75, 3.05) is 5.32 Å². The van der Waals surface area contributed by atoms with Crippen molar-refractivity contribution in [2.45, 2.75) is 13.0 Å².